The van der Waals surface area contributed by atoms with E-state index in [-0.39, 0.29) is 5.91 Å². The highest BCUT2D eigenvalue weighted by atomic mass is 79.9. The van der Waals surface area contributed by atoms with Crippen LogP contribution in [0.4, 0.5) is 0 Å². The first-order chi connectivity index (χ1) is 8.62. The maximum Gasteiger partial charge on any atom is 0.252 e. The molecule has 2 aliphatic carbocycles. The average molecular weight is 329 g/mol. The number of hydrogen-bond acceptors (Lipinski definition) is 1. The van der Waals surface area contributed by atoms with E-state index in [9.17, 15) is 4.79 Å². The van der Waals surface area contributed by atoms with Gasteiger partial charge in [-0.1, -0.05) is 17.7 Å². The molecule has 1 aromatic carbocycles. The molecule has 0 unspecified atom stereocenters. The third-order valence-corrected chi connectivity index (χ3v) is 5.43. The number of benzene rings is 1. The van der Waals surface area contributed by atoms with E-state index in [2.05, 4.69) is 21.2 Å². The summed E-state index contributed by atoms with van der Waals surface area (Å²) in [5.74, 6) is 0.795. The molecule has 0 bridgehead atoms. The third kappa shape index (κ3) is 2.30. The largest absolute Gasteiger partial charge is 0.351 e. The van der Waals surface area contributed by atoms with E-state index in [1.165, 1.54) is 25.7 Å². The van der Waals surface area contributed by atoms with E-state index in [0.717, 1.165) is 16.9 Å². The minimum atomic E-state index is -0.0618. The molecule has 2 saturated carbocycles. The molecule has 2 aliphatic rings. The summed E-state index contributed by atoms with van der Waals surface area (Å²) in [6.07, 6.45) is 5.22. The van der Waals surface area contributed by atoms with Gasteiger partial charge < -0.3 is 5.32 Å². The van der Waals surface area contributed by atoms with E-state index in [4.69, 9.17) is 11.6 Å². The van der Waals surface area contributed by atoms with E-state index >= 15 is 0 Å². The Balaban J connectivity index is 1.66. The van der Waals surface area contributed by atoms with Gasteiger partial charge in [-0.25, -0.2) is 0 Å². The smallest absolute Gasteiger partial charge is 0.252 e. The van der Waals surface area contributed by atoms with Gasteiger partial charge in [-0.15, -0.1) is 0 Å². The number of halogens is 2. The molecule has 0 spiro atoms. The second kappa shape index (κ2) is 4.53. The van der Waals surface area contributed by atoms with Crippen molar-refractivity contribution in [3.8, 4) is 0 Å². The molecule has 2 fully saturated rings. The van der Waals surface area contributed by atoms with Gasteiger partial charge >= 0.3 is 0 Å². The van der Waals surface area contributed by atoms with Crippen LogP contribution >= 0.6 is 27.5 Å². The van der Waals surface area contributed by atoms with Crippen LogP contribution in [0.5, 0.6) is 0 Å². The Kier molecular flexibility index (Phi) is 3.15. The predicted octanol–water partition coefficient (Wildman–Crippen LogP) is 4.02. The van der Waals surface area contributed by atoms with Crippen molar-refractivity contribution in [2.45, 2.75) is 25.7 Å². The lowest BCUT2D eigenvalue weighted by Gasteiger charge is -2.15. The van der Waals surface area contributed by atoms with Gasteiger partial charge in [0.05, 0.1) is 10.6 Å². The quantitative estimate of drug-likeness (QED) is 0.888. The summed E-state index contributed by atoms with van der Waals surface area (Å²) in [4.78, 5) is 12.1. The number of amides is 1. The molecule has 0 heterocycles. The lowest BCUT2D eigenvalue weighted by atomic mass is 10.0. The summed E-state index contributed by atoms with van der Waals surface area (Å²) in [7, 11) is 0. The Morgan fingerprint density at radius 2 is 2.17 bits per heavy atom. The van der Waals surface area contributed by atoms with Gasteiger partial charge in [-0.3, -0.25) is 4.79 Å². The Hall–Kier alpha value is -0.540. The Labute approximate surface area is 120 Å². The predicted molar refractivity (Wildman–Crippen MR) is 75.9 cm³/mol. The van der Waals surface area contributed by atoms with Crippen molar-refractivity contribution in [3.05, 3.63) is 33.3 Å². The standard InChI is InChI=1S/C14H15BrClNO/c15-11-3-1-2-10(12(11)16)13(18)17-8-14(6-7-14)9-4-5-9/h1-3,9H,4-8H2,(H,17,18). The molecular formula is C14H15BrClNO. The number of nitrogens with one attached hydrogen (secondary N) is 1. The van der Waals surface area contributed by atoms with Gasteiger partial charge in [0.25, 0.3) is 5.91 Å². The van der Waals surface area contributed by atoms with Gasteiger partial charge in [0.2, 0.25) is 0 Å². The number of carbonyl (C=O) groups excluding carboxylic acids is 1. The normalized spacial score (nSPS) is 20.6. The molecule has 1 amide bonds. The maximum absolute atomic E-state index is 12.1. The first-order valence-corrected chi connectivity index (χ1v) is 7.52. The van der Waals surface area contributed by atoms with Crippen molar-refractivity contribution in [2.75, 3.05) is 6.54 Å². The zero-order valence-electron chi connectivity index (χ0n) is 10.0. The van der Waals surface area contributed by atoms with Crippen LogP contribution in [0.1, 0.15) is 36.0 Å². The van der Waals surface area contributed by atoms with Gasteiger partial charge in [0.15, 0.2) is 0 Å². The Morgan fingerprint density at radius 1 is 1.44 bits per heavy atom. The van der Waals surface area contributed by atoms with Crippen molar-refractivity contribution in [2.24, 2.45) is 11.3 Å². The van der Waals surface area contributed by atoms with E-state index in [1.54, 1.807) is 6.07 Å². The van der Waals surface area contributed by atoms with Crippen molar-refractivity contribution < 1.29 is 4.79 Å². The first kappa shape index (κ1) is 12.5. The Morgan fingerprint density at radius 3 is 2.78 bits per heavy atom. The summed E-state index contributed by atoms with van der Waals surface area (Å²) in [5.41, 5.74) is 0.978. The van der Waals surface area contributed by atoms with Crippen LogP contribution in [0.2, 0.25) is 5.02 Å². The lowest BCUT2D eigenvalue weighted by molar-refractivity contribution is 0.0942. The van der Waals surface area contributed by atoms with Gasteiger partial charge in [-0.2, -0.15) is 0 Å². The fraction of sp³-hybridized carbons (Fsp3) is 0.500. The Bertz CT molecular complexity index is 495. The maximum atomic E-state index is 12.1. The average Bonchev–Trinajstić information content (AvgIpc) is 3.22. The zero-order chi connectivity index (χ0) is 12.8. The second-order valence-electron chi connectivity index (χ2n) is 5.42. The fourth-order valence-corrected chi connectivity index (χ4v) is 3.19. The molecule has 2 nitrogen and oxygen atoms in total. The van der Waals surface area contributed by atoms with Gasteiger partial charge in [-0.05, 0) is 65.1 Å². The molecular weight excluding hydrogens is 314 g/mol. The van der Waals surface area contributed by atoms with E-state index in [0.29, 0.717) is 16.0 Å². The summed E-state index contributed by atoms with van der Waals surface area (Å²) >= 11 is 9.46. The van der Waals surface area contributed by atoms with Crippen molar-refractivity contribution in [1.82, 2.24) is 5.32 Å². The SMILES string of the molecule is O=C(NCC1(C2CC2)CC1)c1cccc(Br)c1Cl. The van der Waals surface area contributed by atoms with Crippen LogP contribution in [0.3, 0.4) is 0 Å². The number of hydrogen-bond donors (Lipinski definition) is 1. The van der Waals surface area contributed by atoms with Crippen LogP contribution in [0, 0.1) is 11.3 Å². The highest BCUT2D eigenvalue weighted by Gasteiger charge is 2.53. The van der Waals surface area contributed by atoms with Crippen LogP contribution < -0.4 is 5.32 Å². The molecule has 1 aromatic rings. The zero-order valence-corrected chi connectivity index (χ0v) is 12.4. The molecule has 96 valence electrons. The number of carbonyl (C=O) groups is 1. The highest BCUT2D eigenvalue weighted by molar-refractivity contribution is 9.10. The van der Waals surface area contributed by atoms with Crippen LogP contribution in [-0.2, 0) is 0 Å². The number of rotatable bonds is 4. The van der Waals surface area contributed by atoms with Gasteiger partial charge in [0, 0.05) is 11.0 Å². The molecule has 0 aliphatic heterocycles. The molecule has 0 saturated heterocycles. The molecule has 1 N–H and O–H groups in total. The summed E-state index contributed by atoms with van der Waals surface area (Å²) in [5, 5.41) is 3.54. The van der Waals surface area contributed by atoms with Crippen LogP contribution in [-0.4, -0.2) is 12.5 Å². The van der Waals surface area contributed by atoms with Crippen molar-refractivity contribution in [3.63, 3.8) is 0 Å². The fourth-order valence-electron chi connectivity index (χ4n) is 2.62. The topological polar surface area (TPSA) is 29.1 Å². The lowest BCUT2D eigenvalue weighted by Crippen LogP contribution is -2.31. The molecule has 4 heteroatoms. The molecule has 0 atom stereocenters. The molecule has 0 radical (unpaired) electrons. The van der Waals surface area contributed by atoms with E-state index in [1.807, 2.05) is 12.1 Å². The monoisotopic (exact) mass is 327 g/mol. The van der Waals surface area contributed by atoms with Crippen molar-refractivity contribution >= 4 is 33.4 Å². The van der Waals surface area contributed by atoms with Crippen LogP contribution in [0.25, 0.3) is 0 Å². The van der Waals surface area contributed by atoms with Gasteiger partial charge in [0.1, 0.15) is 0 Å². The third-order valence-electron chi connectivity index (χ3n) is 4.13. The second-order valence-corrected chi connectivity index (χ2v) is 6.65. The molecule has 18 heavy (non-hydrogen) atoms. The van der Waals surface area contributed by atoms with Crippen molar-refractivity contribution in [1.29, 1.82) is 0 Å². The molecule has 0 aromatic heterocycles. The first-order valence-electron chi connectivity index (χ1n) is 6.35. The minimum absolute atomic E-state index is 0.0618. The summed E-state index contributed by atoms with van der Waals surface area (Å²) < 4.78 is 0.764. The minimum Gasteiger partial charge on any atom is -0.351 e. The molecule has 3 rings (SSSR count). The highest BCUT2D eigenvalue weighted by Crippen LogP contribution is 2.60. The summed E-state index contributed by atoms with van der Waals surface area (Å²) in [6.45, 7) is 0.805. The van der Waals surface area contributed by atoms with E-state index < -0.39 is 0 Å². The summed E-state index contributed by atoms with van der Waals surface area (Å²) in [6, 6.07) is 5.43. The van der Waals surface area contributed by atoms with Crippen LogP contribution in [0.15, 0.2) is 22.7 Å².